The van der Waals surface area contributed by atoms with Gasteiger partial charge >= 0.3 is 0 Å². The summed E-state index contributed by atoms with van der Waals surface area (Å²) in [5.74, 6) is 0. The molecule has 0 radical (unpaired) electrons. The van der Waals surface area contributed by atoms with Crippen LogP contribution in [0.25, 0.3) is 66.1 Å². The second kappa shape index (κ2) is 11.8. The lowest BCUT2D eigenvalue weighted by Gasteiger charge is -2.33. The molecule has 2 heteroatoms. The van der Waals surface area contributed by atoms with Crippen LogP contribution < -0.4 is 5.32 Å². The second-order valence-corrected chi connectivity index (χ2v) is 18.2. The van der Waals surface area contributed by atoms with Gasteiger partial charge in [0.15, 0.2) is 5.58 Å². The first-order valence-electron chi connectivity index (χ1n) is 20.3. The molecule has 0 fully saturated rings. The molecule has 2 aliphatic rings. The Hall–Kier alpha value is -6.38. The molecule has 1 aromatic heterocycles. The maximum atomic E-state index is 7.01. The van der Waals surface area contributed by atoms with Crippen LogP contribution in [0.15, 0.2) is 162 Å². The largest absolute Gasteiger partial charge is 0.453 e. The minimum absolute atomic E-state index is 0.00286. The molecule has 0 unspecified atom stereocenters. The number of fused-ring (bicyclic) bond motifs is 15. The third-order valence-corrected chi connectivity index (χ3v) is 12.8. The number of hydrogen-bond acceptors (Lipinski definition) is 2. The topological polar surface area (TPSA) is 25.2 Å². The van der Waals surface area contributed by atoms with E-state index in [4.69, 9.17) is 4.42 Å². The van der Waals surface area contributed by atoms with Gasteiger partial charge < -0.3 is 9.73 Å². The zero-order chi connectivity index (χ0) is 38.8. The van der Waals surface area contributed by atoms with E-state index in [1.54, 1.807) is 0 Å². The Morgan fingerprint density at radius 3 is 1.72 bits per heavy atom. The van der Waals surface area contributed by atoms with Crippen molar-refractivity contribution in [1.29, 1.82) is 0 Å². The molecule has 0 saturated carbocycles. The average molecular weight is 736 g/mol. The minimum atomic E-state index is -0.467. The van der Waals surface area contributed by atoms with Crippen LogP contribution in [0, 0.1) is 0 Å². The molecule has 1 heterocycles. The molecule has 11 rings (SSSR count). The summed E-state index contributed by atoms with van der Waals surface area (Å²) in [6, 6.07) is 58.6. The fourth-order valence-corrected chi connectivity index (χ4v) is 9.93. The summed E-state index contributed by atoms with van der Waals surface area (Å²) in [5.41, 5.74) is 18.9. The predicted molar refractivity (Wildman–Crippen MR) is 240 cm³/mol. The summed E-state index contributed by atoms with van der Waals surface area (Å²) >= 11 is 0. The van der Waals surface area contributed by atoms with Crippen LogP contribution in [0.2, 0.25) is 0 Å². The predicted octanol–water partition coefficient (Wildman–Crippen LogP) is 15.1. The van der Waals surface area contributed by atoms with E-state index in [0.717, 1.165) is 44.4 Å². The van der Waals surface area contributed by atoms with Crippen molar-refractivity contribution in [2.75, 3.05) is 5.32 Å². The van der Waals surface area contributed by atoms with Crippen LogP contribution in [0.4, 0.5) is 11.4 Å². The molecule has 0 saturated heterocycles. The van der Waals surface area contributed by atoms with Crippen molar-refractivity contribution in [2.24, 2.45) is 0 Å². The summed E-state index contributed by atoms with van der Waals surface area (Å²) < 4.78 is 7.01. The molecule has 2 aliphatic carbocycles. The third kappa shape index (κ3) is 4.83. The number of anilines is 2. The van der Waals surface area contributed by atoms with Gasteiger partial charge in [-0.05, 0) is 107 Å². The highest BCUT2D eigenvalue weighted by molar-refractivity contribution is 6.24. The molecular weight excluding hydrogens is 691 g/mol. The third-order valence-electron chi connectivity index (χ3n) is 12.8. The molecular formula is C55H45NO. The standard InChI is InChI=1S/C55H45NO/c1-53(2,3)35-23-26-40-41-27-24-36(54(4,5)6)31-47(41)55(46(40)30-35)45-21-13-12-19-39(45)42-28-25-37(32-48(42)55)56-49-22-14-20-43-50-38-18-11-10-17-34(38)29-44(52(50)57-51(43)49)33-15-8-7-9-16-33/h7-32,56H,1-6H3. The van der Waals surface area contributed by atoms with Crippen LogP contribution >= 0.6 is 0 Å². The first-order chi connectivity index (χ1) is 27.5. The van der Waals surface area contributed by atoms with E-state index in [0.29, 0.717) is 0 Å². The van der Waals surface area contributed by atoms with Gasteiger partial charge in [0.2, 0.25) is 0 Å². The molecule has 0 aliphatic heterocycles. The normalized spacial score (nSPS) is 13.9. The van der Waals surface area contributed by atoms with E-state index < -0.39 is 5.41 Å². The van der Waals surface area contributed by atoms with Crippen molar-refractivity contribution >= 4 is 44.1 Å². The number of para-hydroxylation sites is 1. The van der Waals surface area contributed by atoms with Crippen molar-refractivity contribution in [3.63, 3.8) is 0 Å². The van der Waals surface area contributed by atoms with Gasteiger partial charge in [-0.3, -0.25) is 0 Å². The Kier molecular flexibility index (Phi) is 7.03. The van der Waals surface area contributed by atoms with Gasteiger partial charge in [-0.25, -0.2) is 0 Å². The monoisotopic (exact) mass is 735 g/mol. The average Bonchev–Trinajstić information content (AvgIpc) is 3.85. The first kappa shape index (κ1) is 33.9. The van der Waals surface area contributed by atoms with Crippen LogP contribution in [-0.4, -0.2) is 0 Å². The van der Waals surface area contributed by atoms with E-state index in [2.05, 4.69) is 205 Å². The van der Waals surface area contributed by atoms with Gasteiger partial charge in [0, 0.05) is 22.0 Å². The maximum absolute atomic E-state index is 7.01. The van der Waals surface area contributed by atoms with Gasteiger partial charge in [-0.1, -0.05) is 175 Å². The Balaban J connectivity index is 1.15. The van der Waals surface area contributed by atoms with Crippen molar-refractivity contribution in [2.45, 2.75) is 57.8 Å². The highest BCUT2D eigenvalue weighted by Gasteiger charge is 2.52. The molecule has 8 aromatic carbocycles. The molecule has 2 nitrogen and oxygen atoms in total. The van der Waals surface area contributed by atoms with E-state index in [9.17, 15) is 0 Å². The number of benzene rings is 8. The Bertz CT molecular complexity index is 3050. The number of hydrogen-bond donors (Lipinski definition) is 1. The molecule has 0 atom stereocenters. The summed E-state index contributed by atoms with van der Waals surface area (Å²) in [6.07, 6.45) is 0. The molecule has 276 valence electrons. The fourth-order valence-electron chi connectivity index (χ4n) is 9.93. The lowest BCUT2D eigenvalue weighted by molar-refractivity contribution is 0.586. The smallest absolute Gasteiger partial charge is 0.158 e. The lowest BCUT2D eigenvalue weighted by atomic mass is 9.68. The van der Waals surface area contributed by atoms with E-state index in [1.807, 2.05) is 0 Å². The molecule has 1 spiro atoms. The number of furan rings is 1. The fraction of sp³-hybridized carbons (Fsp3) is 0.164. The summed E-state index contributed by atoms with van der Waals surface area (Å²) in [4.78, 5) is 0. The Morgan fingerprint density at radius 1 is 0.439 bits per heavy atom. The Morgan fingerprint density at radius 2 is 1.02 bits per heavy atom. The van der Waals surface area contributed by atoms with E-state index in [1.165, 1.54) is 66.4 Å². The number of nitrogens with one attached hydrogen (secondary N) is 1. The highest BCUT2D eigenvalue weighted by atomic mass is 16.3. The van der Waals surface area contributed by atoms with Crippen molar-refractivity contribution in [1.82, 2.24) is 0 Å². The number of rotatable bonds is 3. The molecule has 0 amide bonds. The minimum Gasteiger partial charge on any atom is -0.453 e. The molecule has 1 N–H and O–H groups in total. The SMILES string of the molecule is CC(C)(C)c1ccc2c(c1)C1(c3ccccc3-c3ccc(Nc4cccc5c4oc4c(-c6ccccc6)cc6ccccc6c45)cc31)c1cc(C(C)(C)C)ccc1-2. The van der Waals surface area contributed by atoms with Gasteiger partial charge in [0.1, 0.15) is 5.58 Å². The van der Waals surface area contributed by atoms with Crippen LogP contribution in [0.1, 0.15) is 74.9 Å². The first-order valence-corrected chi connectivity index (χ1v) is 20.3. The Labute approximate surface area is 334 Å². The summed E-state index contributed by atoms with van der Waals surface area (Å²) in [6.45, 7) is 13.9. The van der Waals surface area contributed by atoms with Crippen molar-refractivity contribution in [3.05, 3.63) is 191 Å². The molecule has 57 heavy (non-hydrogen) atoms. The van der Waals surface area contributed by atoms with Crippen LogP contribution in [0.5, 0.6) is 0 Å². The summed E-state index contributed by atoms with van der Waals surface area (Å²) in [5, 5.41) is 8.56. The zero-order valence-corrected chi connectivity index (χ0v) is 33.4. The summed E-state index contributed by atoms with van der Waals surface area (Å²) in [7, 11) is 0. The van der Waals surface area contributed by atoms with Crippen molar-refractivity contribution < 1.29 is 4.42 Å². The van der Waals surface area contributed by atoms with Crippen LogP contribution in [0.3, 0.4) is 0 Å². The maximum Gasteiger partial charge on any atom is 0.158 e. The molecule has 9 aromatic rings. The van der Waals surface area contributed by atoms with Gasteiger partial charge in [-0.2, -0.15) is 0 Å². The van der Waals surface area contributed by atoms with Gasteiger partial charge in [0.25, 0.3) is 0 Å². The zero-order valence-electron chi connectivity index (χ0n) is 33.4. The highest BCUT2D eigenvalue weighted by Crippen LogP contribution is 2.64. The van der Waals surface area contributed by atoms with Gasteiger partial charge in [0.05, 0.1) is 11.1 Å². The van der Waals surface area contributed by atoms with E-state index >= 15 is 0 Å². The van der Waals surface area contributed by atoms with Gasteiger partial charge in [-0.15, -0.1) is 0 Å². The van der Waals surface area contributed by atoms with Crippen molar-refractivity contribution in [3.8, 4) is 33.4 Å². The second-order valence-electron chi connectivity index (χ2n) is 18.2. The quantitative estimate of drug-likeness (QED) is 0.195. The lowest BCUT2D eigenvalue weighted by Crippen LogP contribution is -2.27. The molecule has 0 bridgehead atoms. The van der Waals surface area contributed by atoms with E-state index in [-0.39, 0.29) is 10.8 Å². The van der Waals surface area contributed by atoms with Crippen LogP contribution in [-0.2, 0) is 16.2 Å².